The van der Waals surface area contributed by atoms with Gasteiger partial charge in [0.05, 0.1) is 6.20 Å². The molecule has 0 atom stereocenters. The number of rotatable bonds is 4. The van der Waals surface area contributed by atoms with Crippen molar-refractivity contribution in [1.82, 2.24) is 29.5 Å². The molecule has 1 aromatic carbocycles. The number of aryl methyl sites for hydroxylation is 1. The van der Waals surface area contributed by atoms with Gasteiger partial charge in [-0.05, 0) is 30.7 Å². The van der Waals surface area contributed by atoms with E-state index in [9.17, 15) is 23.1 Å². The third-order valence-corrected chi connectivity index (χ3v) is 4.09. The van der Waals surface area contributed by atoms with Gasteiger partial charge in [0.1, 0.15) is 12.2 Å². The number of imidazole rings is 1. The topological polar surface area (TPSA) is 136 Å². The third kappa shape index (κ3) is 4.55. The summed E-state index contributed by atoms with van der Waals surface area (Å²) in [5, 5.41) is 17.0. The van der Waals surface area contributed by atoms with E-state index >= 15 is 0 Å². The number of nitrogens with zero attached hydrogens (tertiary/aromatic N) is 5. The van der Waals surface area contributed by atoms with Crippen molar-refractivity contribution >= 4 is 23.4 Å². The van der Waals surface area contributed by atoms with Crippen molar-refractivity contribution in [3.63, 3.8) is 0 Å². The first kappa shape index (κ1) is 20.1. The number of fused-ring (bicyclic) bond motifs is 1. The lowest BCUT2D eigenvalue weighted by Gasteiger charge is -2.06. The molecule has 0 saturated carbocycles. The van der Waals surface area contributed by atoms with Gasteiger partial charge in [-0.15, -0.1) is 0 Å². The molecule has 4 rings (SSSR count). The molecule has 4 aromatic rings. The minimum absolute atomic E-state index is 0.000888. The van der Waals surface area contributed by atoms with Gasteiger partial charge in [-0.25, -0.2) is 9.79 Å². The standard InChI is InChI=1S/C18H15F3N8O2/c1-9-3-2-4-11(5-9)24-15-26-13-10(6-12-14(30)27-17(31)25-12)7-23-29(13)16(28-15)22-8-18(19,20)21/h2-7,30H,8H2,1H3,(H,22,24,28)(H2,25,27,31). The van der Waals surface area contributed by atoms with E-state index in [1.54, 1.807) is 12.1 Å². The van der Waals surface area contributed by atoms with E-state index in [1.807, 2.05) is 19.1 Å². The number of hydrogen-bond acceptors (Lipinski definition) is 7. The zero-order valence-electron chi connectivity index (χ0n) is 15.9. The molecule has 160 valence electrons. The first-order valence-electron chi connectivity index (χ1n) is 8.88. The van der Waals surface area contributed by atoms with Crippen molar-refractivity contribution in [2.24, 2.45) is 4.99 Å². The van der Waals surface area contributed by atoms with E-state index < -0.39 is 24.3 Å². The Bertz CT molecular complexity index is 1430. The van der Waals surface area contributed by atoms with Crippen molar-refractivity contribution in [3.8, 4) is 5.88 Å². The van der Waals surface area contributed by atoms with Crippen molar-refractivity contribution in [2.75, 3.05) is 11.9 Å². The monoisotopic (exact) mass is 432 g/mol. The Hall–Kier alpha value is -4.16. The van der Waals surface area contributed by atoms with Crippen LogP contribution >= 0.6 is 0 Å². The van der Waals surface area contributed by atoms with Gasteiger partial charge >= 0.3 is 11.9 Å². The smallest absolute Gasteiger partial charge is 0.408 e. The number of halogens is 3. The lowest BCUT2D eigenvalue weighted by molar-refractivity contribution is -0.118. The number of hydrogen-bond donors (Lipinski definition) is 4. The fourth-order valence-electron chi connectivity index (χ4n) is 2.80. The molecule has 0 aliphatic heterocycles. The van der Waals surface area contributed by atoms with Gasteiger partial charge < -0.3 is 15.4 Å². The highest BCUT2D eigenvalue weighted by Gasteiger charge is 2.26. The van der Waals surface area contributed by atoms with E-state index in [0.717, 1.165) is 10.1 Å². The van der Waals surface area contributed by atoms with Crippen molar-refractivity contribution in [1.29, 1.82) is 0 Å². The van der Waals surface area contributed by atoms with Crippen LogP contribution in [0.4, 0.5) is 24.8 Å². The molecule has 0 amide bonds. The minimum atomic E-state index is -4.53. The molecule has 10 nitrogen and oxygen atoms in total. The molecule has 0 saturated heterocycles. The summed E-state index contributed by atoms with van der Waals surface area (Å²) >= 11 is 0. The van der Waals surface area contributed by atoms with E-state index in [-0.39, 0.29) is 22.9 Å². The van der Waals surface area contributed by atoms with Crippen LogP contribution in [0.2, 0.25) is 0 Å². The van der Waals surface area contributed by atoms with E-state index in [4.69, 9.17) is 0 Å². The predicted octanol–water partition coefficient (Wildman–Crippen LogP) is 0.909. The Balaban J connectivity index is 1.90. The number of nitrogens with one attached hydrogen (secondary N) is 3. The maximum atomic E-state index is 12.7. The largest absolute Gasteiger partial charge is 0.493 e. The van der Waals surface area contributed by atoms with Crippen molar-refractivity contribution in [3.05, 3.63) is 63.0 Å². The Morgan fingerprint density at radius 1 is 1.29 bits per heavy atom. The average molecular weight is 432 g/mol. The maximum absolute atomic E-state index is 12.7. The number of alkyl halides is 3. The third-order valence-electron chi connectivity index (χ3n) is 4.09. The predicted molar refractivity (Wildman–Crippen MR) is 104 cm³/mol. The second-order valence-corrected chi connectivity index (χ2v) is 6.59. The van der Waals surface area contributed by atoms with E-state index in [2.05, 4.69) is 35.3 Å². The Kier molecular flexibility index (Phi) is 4.93. The molecule has 4 N–H and O–H groups in total. The zero-order valence-corrected chi connectivity index (χ0v) is 15.9. The van der Waals surface area contributed by atoms with Crippen LogP contribution in [-0.4, -0.2) is 47.4 Å². The van der Waals surface area contributed by atoms with Crippen LogP contribution < -0.4 is 21.8 Å². The molecule has 0 aliphatic carbocycles. The molecule has 13 heteroatoms. The summed E-state index contributed by atoms with van der Waals surface area (Å²) in [6.45, 7) is 0.432. The quantitative estimate of drug-likeness (QED) is 0.378. The summed E-state index contributed by atoms with van der Waals surface area (Å²) in [6, 6.07) is 7.24. The number of H-pyrrole nitrogens is 2. The van der Waals surface area contributed by atoms with E-state index in [0.29, 0.717) is 10.9 Å². The molecule has 3 aromatic heterocycles. The normalized spacial score (nSPS) is 13.3. The van der Waals surface area contributed by atoms with Gasteiger partial charge in [-0.3, -0.25) is 4.98 Å². The summed E-state index contributed by atoms with van der Waals surface area (Å²) in [4.78, 5) is 27.8. The number of anilines is 2. The van der Waals surface area contributed by atoms with Crippen LogP contribution in [0.5, 0.6) is 5.88 Å². The Labute approximate surface area is 170 Å². The summed E-state index contributed by atoms with van der Waals surface area (Å²) in [7, 11) is 0. The molecule has 0 fully saturated rings. The minimum Gasteiger partial charge on any atom is -0.493 e. The van der Waals surface area contributed by atoms with Crippen LogP contribution in [0, 0.1) is 6.92 Å². The number of aromatic amines is 2. The van der Waals surface area contributed by atoms with Gasteiger partial charge in [0, 0.05) is 10.9 Å². The molecule has 0 radical (unpaired) electrons. The SMILES string of the molecule is Cc1cccc(Nc2nc(=NCC(F)(F)F)n3ncc(=Cc4[nH]c(=O)[nH]c4O)c3n2)c1. The number of aromatic nitrogens is 6. The van der Waals surface area contributed by atoms with Crippen LogP contribution in [0.15, 0.2) is 40.2 Å². The Morgan fingerprint density at radius 3 is 2.77 bits per heavy atom. The number of aromatic hydroxyl groups is 1. The zero-order chi connectivity index (χ0) is 22.2. The molecule has 0 aliphatic rings. The first-order valence-corrected chi connectivity index (χ1v) is 8.88. The number of benzene rings is 1. The van der Waals surface area contributed by atoms with Crippen molar-refractivity contribution < 1.29 is 18.3 Å². The fourth-order valence-corrected chi connectivity index (χ4v) is 2.80. The summed E-state index contributed by atoms with van der Waals surface area (Å²) < 4.78 is 39.2. The molecule has 0 unspecified atom stereocenters. The van der Waals surface area contributed by atoms with Crippen LogP contribution in [0.1, 0.15) is 11.3 Å². The molecular weight excluding hydrogens is 417 g/mol. The summed E-state index contributed by atoms with van der Waals surface area (Å²) in [6.07, 6.45) is -1.86. The lowest BCUT2D eigenvalue weighted by Crippen LogP contribution is -2.26. The maximum Gasteiger partial charge on any atom is 0.408 e. The van der Waals surface area contributed by atoms with Gasteiger partial charge in [0.15, 0.2) is 5.65 Å². The summed E-state index contributed by atoms with van der Waals surface area (Å²) in [5.74, 6) is -0.403. The molecule has 0 bridgehead atoms. The van der Waals surface area contributed by atoms with E-state index in [1.165, 1.54) is 12.3 Å². The van der Waals surface area contributed by atoms with Crippen LogP contribution in [-0.2, 0) is 0 Å². The highest BCUT2D eigenvalue weighted by Crippen LogP contribution is 2.15. The average Bonchev–Trinajstić information content (AvgIpc) is 3.22. The van der Waals surface area contributed by atoms with Crippen molar-refractivity contribution in [2.45, 2.75) is 13.1 Å². The molecular formula is C18H15F3N8O2. The molecule has 3 heterocycles. The summed E-state index contributed by atoms with van der Waals surface area (Å²) in [5.41, 5.74) is 0.816. The van der Waals surface area contributed by atoms with Gasteiger partial charge in [0.2, 0.25) is 11.8 Å². The van der Waals surface area contributed by atoms with Crippen LogP contribution in [0.25, 0.3) is 11.7 Å². The first-order chi connectivity index (χ1) is 14.7. The van der Waals surface area contributed by atoms with Gasteiger partial charge in [-0.2, -0.15) is 32.8 Å². The highest BCUT2D eigenvalue weighted by molar-refractivity contribution is 5.59. The lowest BCUT2D eigenvalue weighted by atomic mass is 10.2. The fraction of sp³-hybridized carbons (Fsp3) is 0.167. The Morgan fingerprint density at radius 2 is 2.10 bits per heavy atom. The van der Waals surface area contributed by atoms with Gasteiger partial charge in [-0.1, -0.05) is 12.1 Å². The molecule has 31 heavy (non-hydrogen) atoms. The second-order valence-electron chi connectivity index (χ2n) is 6.59. The second kappa shape index (κ2) is 7.59. The molecule has 0 spiro atoms. The highest BCUT2D eigenvalue weighted by atomic mass is 19.4. The van der Waals surface area contributed by atoms with Crippen LogP contribution in [0.3, 0.4) is 0 Å². The van der Waals surface area contributed by atoms with Gasteiger partial charge in [0.25, 0.3) is 5.62 Å².